The lowest BCUT2D eigenvalue weighted by atomic mass is 9.98. The molecule has 0 fully saturated rings. The molecule has 1 aromatic carbocycles. The predicted octanol–water partition coefficient (Wildman–Crippen LogP) is 3.36. The molecule has 0 radical (unpaired) electrons. The Labute approximate surface area is 108 Å². The van der Waals surface area contributed by atoms with Crippen LogP contribution in [0.25, 0.3) is 11.3 Å². The zero-order valence-corrected chi connectivity index (χ0v) is 11.4. The van der Waals surface area contributed by atoms with Crippen LogP contribution < -0.4 is 5.32 Å². The third kappa shape index (κ3) is 2.21. The maximum absolute atomic E-state index is 4.47. The highest BCUT2D eigenvalue weighted by Gasteiger charge is 2.12. The Morgan fingerprint density at radius 2 is 1.94 bits per heavy atom. The van der Waals surface area contributed by atoms with Gasteiger partial charge in [0, 0.05) is 18.2 Å². The third-order valence-electron chi connectivity index (χ3n) is 3.17. The summed E-state index contributed by atoms with van der Waals surface area (Å²) in [6.45, 7) is 6.37. The molecule has 0 saturated heterocycles. The molecule has 0 aliphatic carbocycles. The van der Waals surface area contributed by atoms with Crippen LogP contribution in [0.4, 0.5) is 5.82 Å². The lowest BCUT2D eigenvalue weighted by molar-refractivity contribution is 1.05. The van der Waals surface area contributed by atoms with Crippen molar-refractivity contribution >= 4 is 5.82 Å². The summed E-state index contributed by atoms with van der Waals surface area (Å²) in [4.78, 5) is 8.75. The van der Waals surface area contributed by atoms with Crippen LogP contribution in [-0.4, -0.2) is 17.0 Å². The maximum Gasteiger partial charge on any atom is 0.132 e. The van der Waals surface area contributed by atoms with Crippen LogP contribution in [0, 0.1) is 13.8 Å². The molecule has 94 valence electrons. The lowest BCUT2D eigenvalue weighted by Crippen LogP contribution is -2.02. The van der Waals surface area contributed by atoms with E-state index in [9.17, 15) is 0 Å². The van der Waals surface area contributed by atoms with E-state index in [0.29, 0.717) is 0 Å². The number of rotatable bonds is 3. The van der Waals surface area contributed by atoms with Crippen LogP contribution in [0.5, 0.6) is 0 Å². The van der Waals surface area contributed by atoms with Crippen LogP contribution in [0.3, 0.4) is 0 Å². The average Bonchev–Trinajstić information content (AvgIpc) is 2.37. The molecule has 0 aliphatic heterocycles. The van der Waals surface area contributed by atoms with Crippen LogP contribution in [0.2, 0.25) is 0 Å². The van der Waals surface area contributed by atoms with E-state index in [-0.39, 0.29) is 0 Å². The van der Waals surface area contributed by atoms with E-state index < -0.39 is 0 Å². The molecule has 2 rings (SSSR count). The van der Waals surface area contributed by atoms with Crippen LogP contribution in [0.1, 0.15) is 23.6 Å². The molecule has 0 bridgehead atoms. The number of nitrogens with one attached hydrogen (secondary N) is 1. The maximum atomic E-state index is 4.47. The highest BCUT2D eigenvalue weighted by atomic mass is 15.0. The lowest BCUT2D eigenvalue weighted by Gasteiger charge is -2.13. The van der Waals surface area contributed by atoms with Crippen molar-refractivity contribution in [3.63, 3.8) is 0 Å². The fraction of sp³-hybridized carbons (Fsp3) is 0.333. The van der Waals surface area contributed by atoms with Crippen LogP contribution in [-0.2, 0) is 6.42 Å². The number of nitrogens with zero attached hydrogens (tertiary/aromatic N) is 2. The standard InChI is InChI=1S/C15H19N3/c1-5-12-14(17-9-18-15(12)16-4)13-7-6-10(2)8-11(13)3/h6-9H,5H2,1-4H3,(H,16,17,18). The van der Waals surface area contributed by atoms with E-state index in [1.54, 1.807) is 6.33 Å². The zero-order chi connectivity index (χ0) is 13.1. The Kier molecular flexibility index (Phi) is 3.60. The SMILES string of the molecule is CCc1c(NC)ncnc1-c1ccc(C)cc1C. The average molecular weight is 241 g/mol. The van der Waals surface area contributed by atoms with Crippen molar-refractivity contribution in [1.29, 1.82) is 0 Å². The van der Waals surface area contributed by atoms with Gasteiger partial charge in [0.2, 0.25) is 0 Å². The van der Waals surface area contributed by atoms with Crippen molar-refractivity contribution < 1.29 is 0 Å². The Morgan fingerprint density at radius 3 is 2.56 bits per heavy atom. The molecule has 1 N–H and O–H groups in total. The normalized spacial score (nSPS) is 10.4. The fourth-order valence-corrected chi connectivity index (χ4v) is 2.27. The molecule has 1 heterocycles. The molecule has 0 amide bonds. The van der Waals surface area contributed by atoms with Gasteiger partial charge < -0.3 is 5.32 Å². The first-order valence-electron chi connectivity index (χ1n) is 6.26. The summed E-state index contributed by atoms with van der Waals surface area (Å²) in [5.41, 5.74) is 5.93. The van der Waals surface area contributed by atoms with E-state index in [4.69, 9.17) is 0 Å². The van der Waals surface area contributed by atoms with Gasteiger partial charge in [0.15, 0.2) is 0 Å². The van der Waals surface area contributed by atoms with Gasteiger partial charge in [0.25, 0.3) is 0 Å². The van der Waals surface area contributed by atoms with Gasteiger partial charge in [-0.1, -0.05) is 30.7 Å². The topological polar surface area (TPSA) is 37.8 Å². The van der Waals surface area contributed by atoms with Gasteiger partial charge in [0.05, 0.1) is 5.69 Å². The number of anilines is 1. The molecule has 0 unspecified atom stereocenters. The second kappa shape index (κ2) is 5.17. The van der Waals surface area contributed by atoms with E-state index in [0.717, 1.165) is 17.9 Å². The molecule has 0 saturated carbocycles. The van der Waals surface area contributed by atoms with Gasteiger partial charge in [-0.15, -0.1) is 0 Å². The molecule has 3 nitrogen and oxygen atoms in total. The molecule has 18 heavy (non-hydrogen) atoms. The molecular formula is C15H19N3. The second-order valence-electron chi connectivity index (χ2n) is 4.47. The third-order valence-corrected chi connectivity index (χ3v) is 3.17. The molecule has 2 aromatic rings. The van der Waals surface area contributed by atoms with Gasteiger partial charge in [-0.25, -0.2) is 9.97 Å². The highest BCUT2D eigenvalue weighted by Crippen LogP contribution is 2.28. The minimum atomic E-state index is 0.916. The predicted molar refractivity (Wildman–Crippen MR) is 75.9 cm³/mol. The van der Waals surface area contributed by atoms with Crippen molar-refractivity contribution in [3.8, 4) is 11.3 Å². The van der Waals surface area contributed by atoms with E-state index >= 15 is 0 Å². The molecule has 3 heteroatoms. The summed E-state index contributed by atoms with van der Waals surface area (Å²) >= 11 is 0. The summed E-state index contributed by atoms with van der Waals surface area (Å²) in [5, 5.41) is 3.14. The zero-order valence-electron chi connectivity index (χ0n) is 11.4. The van der Waals surface area contributed by atoms with Gasteiger partial charge in [-0.05, 0) is 25.8 Å². The molecule has 1 aromatic heterocycles. The number of aromatic nitrogens is 2. The van der Waals surface area contributed by atoms with E-state index in [1.165, 1.54) is 22.3 Å². The first-order chi connectivity index (χ1) is 8.67. The Morgan fingerprint density at radius 1 is 1.17 bits per heavy atom. The van der Waals surface area contributed by atoms with Crippen LogP contribution in [0.15, 0.2) is 24.5 Å². The minimum absolute atomic E-state index is 0.916. The molecule has 0 atom stereocenters. The number of hydrogen-bond donors (Lipinski definition) is 1. The number of aryl methyl sites for hydroxylation is 2. The van der Waals surface area contributed by atoms with E-state index in [1.807, 2.05) is 7.05 Å². The van der Waals surface area contributed by atoms with Gasteiger partial charge >= 0.3 is 0 Å². The van der Waals surface area contributed by atoms with Gasteiger partial charge in [0.1, 0.15) is 12.1 Å². The van der Waals surface area contributed by atoms with Crippen molar-refractivity contribution in [2.45, 2.75) is 27.2 Å². The molecule has 0 aliphatic rings. The van der Waals surface area contributed by atoms with Crippen LogP contribution >= 0.6 is 0 Å². The fourth-order valence-electron chi connectivity index (χ4n) is 2.27. The Hall–Kier alpha value is -1.90. The largest absolute Gasteiger partial charge is 0.373 e. The van der Waals surface area contributed by atoms with Crippen molar-refractivity contribution in [2.24, 2.45) is 0 Å². The Bertz CT molecular complexity index is 562. The first-order valence-corrected chi connectivity index (χ1v) is 6.26. The number of benzene rings is 1. The summed E-state index contributed by atoms with van der Waals surface area (Å²) in [6, 6.07) is 6.46. The Balaban J connectivity index is 2.63. The first kappa shape index (κ1) is 12.6. The van der Waals surface area contributed by atoms with E-state index in [2.05, 4.69) is 54.3 Å². The smallest absolute Gasteiger partial charge is 0.132 e. The summed E-state index contributed by atoms with van der Waals surface area (Å²) in [6.07, 6.45) is 2.54. The molecular weight excluding hydrogens is 222 g/mol. The van der Waals surface area contributed by atoms with Crippen molar-refractivity contribution in [1.82, 2.24) is 9.97 Å². The van der Waals surface area contributed by atoms with Gasteiger partial charge in [-0.3, -0.25) is 0 Å². The second-order valence-corrected chi connectivity index (χ2v) is 4.47. The monoisotopic (exact) mass is 241 g/mol. The summed E-state index contributed by atoms with van der Waals surface area (Å²) in [7, 11) is 1.90. The summed E-state index contributed by atoms with van der Waals surface area (Å²) in [5.74, 6) is 0.919. The number of hydrogen-bond acceptors (Lipinski definition) is 3. The minimum Gasteiger partial charge on any atom is -0.373 e. The van der Waals surface area contributed by atoms with Crippen molar-refractivity contribution in [3.05, 3.63) is 41.2 Å². The quantitative estimate of drug-likeness (QED) is 0.895. The van der Waals surface area contributed by atoms with Crippen molar-refractivity contribution in [2.75, 3.05) is 12.4 Å². The van der Waals surface area contributed by atoms with Gasteiger partial charge in [-0.2, -0.15) is 0 Å². The summed E-state index contributed by atoms with van der Waals surface area (Å²) < 4.78 is 0. The highest BCUT2D eigenvalue weighted by molar-refractivity contribution is 5.71. The molecule has 0 spiro atoms.